The Morgan fingerprint density at radius 2 is 1.61 bits per heavy atom. The maximum atomic E-state index is 5.78. The average molecular weight is 511 g/mol. The standard InChI is InChI=1S/C13H9.C9H15O2Si.2ClH.Zr/c1-3-7-12-10(5-1)9-11-6-2-4-8-13(11)12;1-10-8-6-5-7-9(8)11-12(2,3)4;;;/h1-5,7-8H,9H2;5-7H,1-4H3;2*1H;/q2*-1;;;+4/p-2. The summed E-state index contributed by atoms with van der Waals surface area (Å²) in [5, 5.41) is 0. The molecule has 0 saturated heterocycles. The van der Waals surface area contributed by atoms with E-state index >= 15 is 0 Å². The van der Waals surface area contributed by atoms with Gasteiger partial charge in [0.15, 0.2) is 0 Å². The largest absolute Gasteiger partial charge is 4.00 e. The minimum Gasteiger partial charge on any atom is -1.00 e. The van der Waals surface area contributed by atoms with E-state index in [2.05, 4.69) is 62.1 Å². The van der Waals surface area contributed by atoms with Gasteiger partial charge in [-0.2, -0.15) is 35.9 Å². The molecular weight excluding hydrogens is 486 g/mol. The zero-order valence-corrected chi connectivity index (χ0v) is 21.5. The van der Waals surface area contributed by atoms with Crippen molar-refractivity contribution in [2.75, 3.05) is 7.11 Å². The van der Waals surface area contributed by atoms with Gasteiger partial charge in [0, 0.05) is 11.5 Å². The SMILES string of the molecule is CO[c-]1cccc1O[Si](C)(C)C.[Cl-].[Cl-].[Zr+4].[c-]1cccc2c1Cc1ccccc1-2. The first-order valence-electron chi connectivity index (χ1n) is 8.54. The third-order valence-electron chi connectivity index (χ3n) is 3.99. The molecule has 2 nitrogen and oxygen atoms in total. The summed E-state index contributed by atoms with van der Waals surface area (Å²) in [4.78, 5) is 0. The van der Waals surface area contributed by atoms with E-state index in [0.29, 0.717) is 0 Å². The Hall–Kier alpha value is -0.930. The van der Waals surface area contributed by atoms with Crippen LogP contribution in [0.15, 0.2) is 60.7 Å². The number of benzene rings is 2. The molecule has 0 fully saturated rings. The van der Waals surface area contributed by atoms with Crippen LogP contribution in [0.4, 0.5) is 0 Å². The first-order valence-corrected chi connectivity index (χ1v) is 12.0. The van der Waals surface area contributed by atoms with E-state index in [9.17, 15) is 0 Å². The first-order chi connectivity index (χ1) is 12.0. The quantitative estimate of drug-likeness (QED) is 0.278. The van der Waals surface area contributed by atoms with Gasteiger partial charge in [0.2, 0.25) is 8.32 Å². The fourth-order valence-corrected chi connectivity index (χ4v) is 3.80. The van der Waals surface area contributed by atoms with Crippen molar-refractivity contribution in [2.45, 2.75) is 26.1 Å². The predicted octanol–water partition coefficient (Wildman–Crippen LogP) is -0.309. The summed E-state index contributed by atoms with van der Waals surface area (Å²) in [5.41, 5.74) is 5.51. The molecule has 1 aliphatic carbocycles. The Labute approximate surface area is 201 Å². The minimum absolute atomic E-state index is 0. The maximum Gasteiger partial charge on any atom is 4.00 e. The molecular formula is C22H24Cl2O2SiZr. The number of fused-ring (bicyclic) bond motifs is 3. The summed E-state index contributed by atoms with van der Waals surface area (Å²) in [5.74, 6) is 1.70. The Bertz CT molecular complexity index is 816. The minimum atomic E-state index is -1.49. The third-order valence-corrected chi connectivity index (χ3v) is 4.82. The van der Waals surface area contributed by atoms with Crippen molar-refractivity contribution in [1.82, 2.24) is 0 Å². The second-order valence-electron chi connectivity index (χ2n) is 7.07. The molecule has 0 atom stereocenters. The number of hydrogen-bond donors (Lipinski definition) is 0. The normalized spacial score (nSPS) is 10.6. The summed E-state index contributed by atoms with van der Waals surface area (Å²) in [6.07, 6.45) is 1.05. The molecule has 0 aliphatic heterocycles. The van der Waals surface area contributed by atoms with Gasteiger partial charge in [-0.25, -0.2) is 6.07 Å². The van der Waals surface area contributed by atoms with Crippen LogP contribution in [0.5, 0.6) is 11.5 Å². The summed E-state index contributed by atoms with van der Waals surface area (Å²) in [6.45, 7) is 6.46. The zero-order valence-electron chi connectivity index (χ0n) is 16.6. The molecule has 0 radical (unpaired) electrons. The first kappa shape index (κ1) is 27.1. The summed E-state index contributed by atoms with van der Waals surface area (Å²) < 4.78 is 10.9. The monoisotopic (exact) mass is 508 g/mol. The van der Waals surface area contributed by atoms with Gasteiger partial charge in [-0.05, 0) is 26.1 Å². The molecule has 146 valence electrons. The Morgan fingerprint density at radius 3 is 2.29 bits per heavy atom. The van der Waals surface area contributed by atoms with E-state index in [-0.39, 0.29) is 51.0 Å². The smallest absolute Gasteiger partial charge is 1.00 e. The van der Waals surface area contributed by atoms with Crippen molar-refractivity contribution in [3.05, 3.63) is 77.9 Å². The van der Waals surface area contributed by atoms with E-state index in [4.69, 9.17) is 9.16 Å². The zero-order chi connectivity index (χ0) is 17.9. The number of hydrogen-bond acceptors (Lipinski definition) is 2. The molecule has 0 bridgehead atoms. The Kier molecular flexibility index (Phi) is 11.5. The van der Waals surface area contributed by atoms with Crippen LogP contribution in [0.3, 0.4) is 0 Å². The predicted molar refractivity (Wildman–Crippen MR) is 106 cm³/mol. The molecule has 0 spiro atoms. The molecule has 4 rings (SSSR count). The van der Waals surface area contributed by atoms with Crippen molar-refractivity contribution in [3.63, 3.8) is 0 Å². The van der Waals surface area contributed by atoms with Crippen molar-refractivity contribution in [1.29, 1.82) is 0 Å². The van der Waals surface area contributed by atoms with Gasteiger partial charge in [0.05, 0.1) is 7.11 Å². The molecule has 0 aromatic heterocycles. The van der Waals surface area contributed by atoms with Gasteiger partial charge < -0.3 is 34.0 Å². The Balaban J connectivity index is 0.000000472. The van der Waals surface area contributed by atoms with Crippen molar-refractivity contribution in [3.8, 4) is 22.6 Å². The van der Waals surface area contributed by atoms with Crippen LogP contribution in [0.1, 0.15) is 11.1 Å². The summed E-state index contributed by atoms with van der Waals surface area (Å²) >= 11 is 0. The van der Waals surface area contributed by atoms with E-state index in [1.54, 1.807) is 7.11 Å². The number of methoxy groups -OCH3 is 1. The van der Waals surface area contributed by atoms with Gasteiger partial charge in [0.25, 0.3) is 0 Å². The van der Waals surface area contributed by atoms with E-state index < -0.39 is 8.32 Å². The van der Waals surface area contributed by atoms with Gasteiger partial charge in [-0.15, -0.1) is 11.6 Å². The van der Waals surface area contributed by atoms with E-state index in [1.165, 1.54) is 22.3 Å². The molecule has 3 aromatic rings. The molecule has 0 heterocycles. The molecule has 1 aliphatic rings. The topological polar surface area (TPSA) is 18.5 Å². The molecule has 6 heteroatoms. The molecule has 3 aromatic carbocycles. The average Bonchev–Trinajstić information content (AvgIpc) is 3.17. The molecule has 0 saturated carbocycles. The second kappa shape index (κ2) is 11.9. The van der Waals surface area contributed by atoms with Crippen LogP contribution in [0.25, 0.3) is 11.1 Å². The molecule has 0 unspecified atom stereocenters. The van der Waals surface area contributed by atoms with Gasteiger partial charge in [-0.3, -0.25) is 0 Å². The Morgan fingerprint density at radius 1 is 0.929 bits per heavy atom. The fraction of sp³-hybridized carbons (Fsp3) is 0.227. The van der Waals surface area contributed by atoms with Crippen molar-refractivity contribution in [2.24, 2.45) is 0 Å². The van der Waals surface area contributed by atoms with Gasteiger partial charge in [-0.1, -0.05) is 35.4 Å². The summed E-state index contributed by atoms with van der Waals surface area (Å²) in [6, 6.07) is 23.9. The molecule has 28 heavy (non-hydrogen) atoms. The fourth-order valence-electron chi connectivity index (χ4n) is 2.97. The van der Waals surface area contributed by atoms with Crippen molar-refractivity contribution >= 4 is 8.32 Å². The third kappa shape index (κ3) is 6.84. The van der Waals surface area contributed by atoms with E-state index in [1.807, 2.05) is 24.3 Å². The van der Waals surface area contributed by atoms with Crippen molar-refractivity contribution < 1.29 is 60.2 Å². The van der Waals surface area contributed by atoms with Crippen LogP contribution in [0, 0.1) is 6.07 Å². The van der Waals surface area contributed by atoms with Crippen LogP contribution in [-0.2, 0) is 32.6 Å². The van der Waals surface area contributed by atoms with E-state index in [0.717, 1.165) is 17.9 Å². The maximum absolute atomic E-state index is 5.78. The van der Waals surface area contributed by atoms with Crippen LogP contribution >= 0.6 is 0 Å². The van der Waals surface area contributed by atoms with Crippen LogP contribution < -0.4 is 34.0 Å². The molecule has 0 amide bonds. The van der Waals surface area contributed by atoms with Crippen LogP contribution in [0.2, 0.25) is 19.6 Å². The number of halogens is 2. The summed E-state index contributed by atoms with van der Waals surface area (Å²) in [7, 11) is 0.170. The number of ether oxygens (including phenoxy) is 1. The second-order valence-corrected chi connectivity index (χ2v) is 11.5. The molecule has 0 N–H and O–H groups in total. The van der Waals surface area contributed by atoms with Gasteiger partial charge in [0.1, 0.15) is 0 Å². The number of rotatable bonds is 3. The van der Waals surface area contributed by atoms with Gasteiger partial charge >= 0.3 is 26.2 Å². The van der Waals surface area contributed by atoms with Crippen LogP contribution in [-0.4, -0.2) is 15.4 Å².